The van der Waals surface area contributed by atoms with Crippen LogP contribution < -0.4 is 5.32 Å². The molecule has 124 valence electrons. The molecule has 1 heterocycles. The summed E-state index contributed by atoms with van der Waals surface area (Å²) in [7, 11) is 0. The Morgan fingerprint density at radius 2 is 2.00 bits per heavy atom. The molecule has 0 aliphatic heterocycles. The number of halogens is 3. The molecule has 2 rings (SSSR count). The van der Waals surface area contributed by atoms with Crippen LogP contribution in [0.2, 0.25) is 0 Å². The highest BCUT2D eigenvalue weighted by atomic mass is 19.4. The van der Waals surface area contributed by atoms with Crippen molar-refractivity contribution in [1.82, 2.24) is 10.3 Å². The zero-order chi connectivity index (χ0) is 16.9. The van der Waals surface area contributed by atoms with Gasteiger partial charge in [0.2, 0.25) is 5.89 Å². The molecule has 0 spiro atoms. The minimum absolute atomic E-state index is 0.0955. The van der Waals surface area contributed by atoms with Crippen LogP contribution in [0.15, 0.2) is 34.7 Å². The molecule has 23 heavy (non-hydrogen) atoms. The van der Waals surface area contributed by atoms with E-state index in [9.17, 15) is 18.0 Å². The zero-order valence-electron chi connectivity index (χ0n) is 12.3. The first-order valence-corrected chi connectivity index (χ1v) is 6.84. The van der Waals surface area contributed by atoms with E-state index in [0.717, 1.165) is 5.56 Å². The lowest BCUT2D eigenvalue weighted by Gasteiger charge is -2.08. The lowest BCUT2D eigenvalue weighted by Crippen LogP contribution is -2.30. The summed E-state index contributed by atoms with van der Waals surface area (Å²) in [4.78, 5) is 15.4. The normalized spacial score (nSPS) is 11.3. The second kappa shape index (κ2) is 7.17. The van der Waals surface area contributed by atoms with Crippen LogP contribution in [0.5, 0.6) is 0 Å². The molecule has 5 nitrogen and oxygen atoms in total. The fraction of sp³-hybridized carbons (Fsp3) is 0.333. The van der Waals surface area contributed by atoms with Crippen molar-refractivity contribution in [1.29, 1.82) is 0 Å². The van der Waals surface area contributed by atoms with Crippen LogP contribution in [-0.2, 0) is 11.2 Å². The summed E-state index contributed by atoms with van der Waals surface area (Å²) < 4.78 is 45.3. The number of hydrogen-bond donors (Lipinski definition) is 1. The molecule has 0 unspecified atom stereocenters. The van der Waals surface area contributed by atoms with Gasteiger partial charge in [0.1, 0.15) is 5.76 Å². The minimum Gasteiger partial charge on any atom is -0.441 e. The number of amides is 1. The van der Waals surface area contributed by atoms with Crippen molar-refractivity contribution >= 4 is 6.09 Å². The Labute approximate surface area is 130 Å². The van der Waals surface area contributed by atoms with Crippen molar-refractivity contribution < 1.29 is 27.1 Å². The first-order chi connectivity index (χ1) is 10.8. The number of ether oxygens (including phenoxy) is 1. The fourth-order valence-electron chi connectivity index (χ4n) is 1.85. The lowest BCUT2D eigenvalue weighted by molar-refractivity contribution is -0.160. The number of benzene rings is 1. The first-order valence-electron chi connectivity index (χ1n) is 6.84. The number of oxazole rings is 1. The van der Waals surface area contributed by atoms with Crippen LogP contribution in [0, 0.1) is 6.92 Å². The molecule has 0 saturated carbocycles. The molecule has 1 amide bonds. The third kappa shape index (κ3) is 5.32. The molecule has 0 saturated heterocycles. The van der Waals surface area contributed by atoms with Gasteiger partial charge in [0, 0.05) is 18.5 Å². The number of alkyl halides is 3. The Bertz CT molecular complexity index is 654. The van der Waals surface area contributed by atoms with Crippen LogP contribution in [0.3, 0.4) is 0 Å². The average Bonchev–Trinajstić information content (AvgIpc) is 2.87. The third-order valence-corrected chi connectivity index (χ3v) is 2.91. The van der Waals surface area contributed by atoms with Gasteiger partial charge in [-0.05, 0) is 19.1 Å². The topological polar surface area (TPSA) is 64.4 Å². The van der Waals surface area contributed by atoms with Gasteiger partial charge in [-0.2, -0.15) is 13.2 Å². The quantitative estimate of drug-likeness (QED) is 0.912. The molecule has 0 aliphatic rings. The molecule has 8 heteroatoms. The number of alkyl carbamates (subject to hydrolysis) is 1. The van der Waals surface area contributed by atoms with Gasteiger partial charge in [-0.1, -0.05) is 18.2 Å². The van der Waals surface area contributed by atoms with E-state index in [4.69, 9.17) is 4.42 Å². The largest absolute Gasteiger partial charge is 0.441 e. The van der Waals surface area contributed by atoms with Crippen molar-refractivity contribution in [2.45, 2.75) is 19.5 Å². The maximum absolute atomic E-state index is 11.9. The van der Waals surface area contributed by atoms with Crippen molar-refractivity contribution in [3.05, 3.63) is 41.8 Å². The monoisotopic (exact) mass is 328 g/mol. The zero-order valence-corrected chi connectivity index (χ0v) is 12.3. The minimum atomic E-state index is -4.54. The number of aryl methyl sites for hydroxylation is 1. The number of carbonyl (C=O) groups is 1. The van der Waals surface area contributed by atoms with Gasteiger partial charge >= 0.3 is 12.3 Å². The molecular formula is C15H15F3N2O3. The van der Waals surface area contributed by atoms with Crippen molar-refractivity contribution in [3.63, 3.8) is 0 Å². The number of carbonyl (C=O) groups excluding carboxylic acids is 1. The number of aromatic nitrogens is 1. The molecule has 0 atom stereocenters. The number of nitrogens with zero attached hydrogens (tertiary/aromatic N) is 1. The van der Waals surface area contributed by atoms with Crippen LogP contribution in [0.25, 0.3) is 11.5 Å². The van der Waals surface area contributed by atoms with E-state index in [2.05, 4.69) is 15.0 Å². The third-order valence-electron chi connectivity index (χ3n) is 2.91. The Morgan fingerprint density at radius 1 is 1.30 bits per heavy atom. The Morgan fingerprint density at radius 3 is 2.65 bits per heavy atom. The SMILES string of the molecule is Cc1oc(-c2ccccc2)nc1CCNC(=O)OCC(F)(F)F. The van der Waals surface area contributed by atoms with Gasteiger partial charge in [0.15, 0.2) is 6.61 Å². The Hall–Kier alpha value is -2.51. The first kappa shape index (κ1) is 16.9. The van der Waals surface area contributed by atoms with E-state index in [1.54, 1.807) is 6.92 Å². The fourth-order valence-corrected chi connectivity index (χ4v) is 1.85. The van der Waals surface area contributed by atoms with Crippen LogP contribution >= 0.6 is 0 Å². The van der Waals surface area contributed by atoms with E-state index in [1.807, 2.05) is 30.3 Å². The van der Waals surface area contributed by atoms with Gasteiger partial charge in [-0.3, -0.25) is 0 Å². The number of rotatable bonds is 5. The Balaban J connectivity index is 1.85. The average molecular weight is 328 g/mol. The maximum Gasteiger partial charge on any atom is 0.422 e. The van der Waals surface area contributed by atoms with Gasteiger partial charge in [0.25, 0.3) is 0 Å². The smallest absolute Gasteiger partial charge is 0.422 e. The molecule has 1 N–H and O–H groups in total. The van der Waals surface area contributed by atoms with E-state index < -0.39 is 18.9 Å². The highest BCUT2D eigenvalue weighted by molar-refractivity contribution is 5.67. The van der Waals surface area contributed by atoms with Crippen LogP contribution in [-0.4, -0.2) is 30.4 Å². The molecule has 0 bridgehead atoms. The van der Waals surface area contributed by atoms with Crippen LogP contribution in [0.4, 0.5) is 18.0 Å². The summed E-state index contributed by atoms with van der Waals surface area (Å²) in [6.07, 6.45) is -5.33. The predicted molar refractivity (Wildman–Crippen MR) is 75.8 cm³/mol. The summed E-state index contributed by atoms with van der Waals surface area (Å²) >= 11 is 0. The molecule has 1 aromatic carbocycles. The van der Waals surface area contributed by atoms with Crippen molar-refractivity contribution in [2.24, 2.45) is 0 Å². The molecule has 0 aliphatic carbocycles. The lowest BCUT2D eigenvalue weighted by atomic mass is 10.2. The van der Waals surface area contributed by atoms with Crippen LogP contribution in [0.1, 0.15) is 11.5 Å². The summed E-state index contributed by atoms with van der Waals surface area (Å²) in [5.74, 6) is 1.05. The van der Waals surface area contributed by atoms with E-state index in [-0.39, 0.29) is 6.54 Å². The van der Waals surface area contributed by atoms with E-state index in [1.165, 1.54) is 0 Å². The summed E-state index contributed by atoms with van der Waals surface area (Å²) in [5.41, 5.74) is 1.44. The second-order valence-corrected chi connectivity index (χ2v) is 4.76. The molecule has 2 aromatic rings. The summed E-state index contributed by atoms with van der Waals surface area (Å²) in [6.45, 7) is 0.217. The standard InChI is InChI=1S/C15H15F3N2O3/c1-10-12(7-8-19-14(21)22-9-15(16,17)18)20-13(23-10)11-5-3-2-4-6-11/h2-6H,7-9H2,1H3,(H,19,21). The van der Waals surface area contributed by atoms with Crippen molar-refractivity contribution in [3.8, 4) is 11.5 Å². The molecule has 1 aromatic heterocycles. The summed E-state index contributed by atoms with van der Waals surface area (Å²) in [5, 5.41) is 2.24. The van der Waals surface area contributed by atoms with Crippen molar-refractivity contribution in [2.75, 3.05) is 13.2 Å². The van der Waals surface area contributed by atoms with Gasteiger partial charge in [-0.15, -0.1) is 0 Å². The maximum atomic E-state index is 11.9. The summed E-state index contributed by atoms with van der Waals surface area (Å²) in [6, 6.07) is 9.28. The molecule has 0 radical (unpaired) electrons. The molecule has 0 fully saturated rings. The van der Waals surface area contributed by atoms with Gasteiger partial charge < -0.3 is 14.5 Å². The number of hydrogen-bond acceptors (Lipinski definition) is 4. The predicted octanol–water partition coefficient (Wildman–Crippen LogP) is 3.48. The highest BCUT2D eigenvalue weighted by Crippen LogP contribution is 2.21. The number of nitrogens with one attached hydrogen (secondary N) is 1. The molecular weight excluding hydrogens is 313 g/mol. The second-order valence-electron chi connectivity index (χ2n) is 4.76. The van der Waals surface area contributed by atoms with E-state index >= 15 is 0 Å². The van der Waals surface area contributed by atoms with E-state index in [0.29, 0.717) is 23.8 Å². The Kier molecular flexibility index (Phi) is 5.25. The van der Waals surface area contributed by atoms with Gasteiger partial charge in [0.05, 0.1) is 5.69 Å². The highest BCUT2D eigenvalue weighted by Gasteiger charge is 2.29. The van der Waals surface area contributed by atoms with Gasteiger partial charge in [-0.25, -0.2) is 9.78 Å².